The maximum Gasteiger partial charge on any atom is 0.446 e. The Morgan fingerprint density at radius 2 is 2.15 bits per heavy atom. The highest BCUT2D eigenvalue weighted by atomic mass is 32.2. The fourth-order valence-corrected chi connectivity index (χ4v) is 6.02. The molecule has 0 unspecified atom stereocenters. The molecule has 2 saturated heterocycles. The van der Waals surface area contributed by atoms with Crippen molar-refractivity contribution < 1.29 is 36.4 Å². The zero-order valence-electron chi connectivity index (χ0n) is 17.5. The second kappa shape index (κ2) is 8.98. The highest BCUT2D eigenvalue weighted by Gasteiger charge is 2.38. The number of carbonyl (C=O) groups is 1. The highest BCUT2D eigenvalue weighted by molar-refractivity contribution is 8.00. The van der Waals surface area contributed by atoms with E-state index in [0.717, 1.165) is 11.3 Å². The van der Waals surface area contributed by atoms with E-state index in [9.17, 15) is 22.4 Å². The van der Waals surface area contributed by atoms with Gasteiger partial charge in [-0.05, 0) is 17.8 Å². The van der Waals surface area contributed by atoms with Crippen LogP contribution in [0.15, 0.2) is 27.6 Å². The summed E-state index contributed by atoms with van der Waals surface area (Å²) in [6, 6.07) is 3.63. The lowest BCUT2D eigenvalue weighted by Crippen LogP contribution is -2.28. The number of halogens is 4. The number of benzene rings is 1. The van der Waals surface area contributed by atoms with Gasteiger partial charge in [0.1, 0.15) is 18.3 Å². The number of alkyl halides is 4. The van der Waals surface area contributed by atoms with Crippen LogP contribution in [0.1, 0.15) is 18.4 Å². The van der Waals surface area contributed by atoms with Gasteiger partial charge in [-0.25, -0.2) is 4.39 Å². The van der Waals surface area contributed by atoms with E-state index < -0.39 is 29.9 Å². The fraction of sp³-hybridized carbons (Fsp3) is 0.450. The molecule has 1 aromatic carbocycles. The van der Waals surface area contributed by atoms with Gasteiger partial charge in [0.2, 0.25) is 17.6 Å². The third kappa shape index (κ3) is 4.46. The lowest BCUT2D eigenvalue weighted by atomic mass is 10.2. The number of rotatable bonds is 6. The number of thiophene rings is 1. The van der Waals surface area contributed by atoms with Gasteiger partial charge in [0, 0.05) is 23.8 Å². The van der Waals surface area contributed by atoms with Crippen LogP contribution in [0.5, 0.6) is 0 Å². The monoisotopic (exact) mass is 518 g/mol. The van der Waals surface area contributed by atoms with Crippen LogP contribution in [0.3, 0.4) is 0 Å². The van der Waals surface area contributed by atoms with Gasteiger partial charge < -0.3 is 24.6 Å². The van der Waals surface area contributed by atoms with Gasteiger partial charge in [0.05, 0.1) is 34.5 Å². The summed E-state index contributed by atoms with van der Waals surface area (Å²) >= 11 is 0.775. The summed E-state index contributed by atoms with van der Waals surface area (Å²) in [5, 5.41) is 9.94. The number of thioether (sulfide) groups is 1. The van der Waals surface area contributed by atoms with Gasteiger partial charge >= 0.3 is 5.51 Å². The Hall–Kier alpha value is -2.42. The molecule has 34 heavy (non-hydrogen) atoms. The number of nitrogens with one attached hydrogen (secondary N) is 2. The summed E-state index contributed by atoms with van der Waals surface area (Å²) in [6.45, 7) is 0.121. The first kappa shape index (κ1) is 23.3. The number of nitrogens with zero attached hydrogens (tertiary/aromatic N) is 2. The third-order valence-corrected chi connectivity index (χ3v) is 7.75. The molecule has 8 nitrogen and oxygen atoms in total. The van der Waals surface area contributed by atoms with Crippen molar-refractivity contribution >= 4 is 44.8 Å². The maximum atomic E-state index is 14.1. The second-order valence-electron chi connectivity index (χ2n) is 7.77. The molecular formula is C20H18F4N4O4S2. The van der Waals surface area contributed by atoms with E-state index in [2.05, 4.69) is 20.8 Å². The Morgan fingerprint density at radius 1 is 1.32 bits per heavy atom. The summed E-state index contributed by atoms with van der Waals surface area (Å²) < 4.78 is 70.4. The van der Waals surface area contributed by atoms with E-state index in [4.69, 9.17) is 14.0 Å². The minimum Gasteiger partial charge on any atom is -0.376 e. The number of carbonyl (C=O) groups excluding carboxylic acids is 1. The number of anilines is 1. The Balaban J connectivity index is 1.54. The average molecular weight is 519 g/mol. The molecule has 3 aromatic rings. The van der Waals surface area contributed by atoms with Gasteiger partial charge in [-0.1, -0.05) is 17.3 Å². The number of ether oxygens (including phenoxy) is 2. The molecule has 0 radical (unpaired) electrons. The molecule has 2 aliphatic heterocycles. The molecule has 0 aliphatic carbocycles. The molecule has 14 heteroatoms. The topological polar surface area (TPSA) is 98.5 Å². The summed E-state index contributed by atoms with van der Waals surface area (Å²) in [7, 11) is 1.40. The molecule has 182 valence electrons. The smallest absolute Gasteiger partial charge is 0.376 e. The zero-order valence-corrected chi connectivity index (χ0v) is 19.2. The minimum absolute atomic E-state index is 0.0309. The third-order valence-electron chi connectivity index (χ3n) is 5.53. The predicted molar refractivity (Wildman–Crippen MR) is 116 cm³/mol. The lowest BCUT2D eigenvalue weighted by molar-refractivity contribution is -0.127. The Morgan fingerprint density at radius 3 is 2.82 bits per heavy atom. The van der Waals surface area contributed by atoms with Crippen molar-refractivity contribution in [3.05, 3.63) is 24.1 Å². The van der Waals surface area contributed by atoms with Crippen LogP contribution in [0.2, 0.25) is 0 Å². The number of aromatic nitrogens is 2. The molecule has 0 spiro atoms. The Labute approximate surface area is 198 Å². The summed E-state index contributed by atoms with van der Waals surface area (Å²) in [5.41, 5.74) is -4.07. The first-order chi connectivity index (χ1) is 16.2. The lowest BCUT2D eigenvalue weighted by Gasteiger charge is -2.15. The number of fused-ring (bicyclic) bond motifs is 1. The van der Waals surface area contributed by atoms with Crippen LogP contribution in [0, 0.1) is 0 Å². The molecule has 5 rings (SSSR count). The van der Waals surface area contributed by atoms with E-state index in [1.165, 1.54) is 7.11 Å². The summed E-state index contributed by atoms with van der Waals surface area (Å²) in [4.78, 5) is 16.3. The van der Waals surface area contributed by atoms with E-state index >= 15 is 0 Å². The largest absolute Gasteiger partial charge is 0.446 e. The van der Waals surface area contributed by atoms with Gasteiger partial charge in [0.15, 0.2) is 0 Å². The van der Waals surface area contributed by atoms with Gasteiger partial charge in [-0.15, -0.1) is 11.3 Å². The van der Waals surface area contributed by atoms with Crippen LogP contribution < -0.4 is 10.6 Å². The molecule has 2 aromatic heterocycles. The fourth-order valence-electron chi connectivity index (χ4n) is 3.91. The second-order valence-corrected chi connectivity index (χ2v) is 9.87. The van der Waals surface area contributed by atoms with Gasteiger partial charge in [0.25, 0.3) is 0 Å². The predicted octanol–water partition coefficient (Wildman–Crippen LogP) is 4.29. The minimum atomic E-state index is -4.56. The Bertz CT molecular complexity index is 1220. The number of hydrogen-bond donors (Lipinski definition) is 2. The van der Waals surface area contributed by atoms with E-state index in [1.807, 2.05) is 0 Å². The van der Waals surface area contributed by atoms with Crippen molar-refractivity contribution in [3.63, 3.8) is 0 Å². The van der Waals surface area contributed by atoms with Gasteiger partial charge in [-0.3, -0.25) is 4.79 Å². The number of amides is 1. The normalized spacial score (nSPS) is 25.3. The van der Waals surface area contributed by atoms with E-state index in [1.54, 1.807) is 18.2 Å². The van der Waals surface area contributed by atoms with Crippen molar-refractivity contribution in [1.29, 1.82) is 0 Å². The first-order valence-electron chi connectivity index (χ1n) is 10.2. The quantitative estimate of drug-likeness (QED) is 0.369. The van der Waals surface area contributed by atoms with Crippen LogP contribution in [-0.2, 0) is 14.3 Å². The molecule has 1 amide bonds. The standard InChI is InChI=1S/C20H18F4N4O4S2/c1-30-13-5-11(26-18(13)29)19-27-17(28-32-19)16-15(34-20(22,23)24)8-3-2-4-10(14(8)33-16)25-12-7-31-6-9(12)21/h2-4,9,11-13,25H,5-7H2,1H3,(H,26,29)/t9-,11+,12+,13-/m0/s1. The van der Waals surface area contributed by atoms with E-state index in [0.29, 0.717) is 15.8 Å². The first-order valence-corrected chi connectivity index (χ1v) is 11.8. The number of hydrogen-bond acceptors (Lipinski definition) is 9. The van der Waals surface area contributed by atoms with Crippen molar-refractivity contribution in [1.82, 2.24) is 15.5 Å². The van der Waals surface area contributed by atoms with Crippen molar-refractivity contribution in [2.45, 2.75) is 41.2 Å². The zero-order chi connectivity index (χ0) is 24.0. The maximum absolute atomic E-state index is 14.1. The van der Waals surface area contributed by atoms with Crippen molar-refractivity contribution in [2.24, 2.45) is 0 Å². The van der Waals surface area contributed by atoms with E-state index in [-0.39, 0.29) is 58.8 Å². The Kier molecular flexibility index (Phi) is 6.16. The molecule has 2 fully saturated rings. The van der Waals surface area contributed by atoms with Crippen LogP contribution >= 0.6 is 23.1 Å². The molecule has 0 saturated carbocycles. The average Bonchev–Trinajstić information content (AvgIpc) is 3.55. The highest BCUT2D eigenvalue weighted by Crippen LogP contribution is 2.50. The molecule has 2 N–H and O–H groups in total. The van der Waals surface area contributed by atoms with Crippen molar-refractivity contribution in [2.75, 3.05) is 25.6 Å². The van der Waals surface area contributed by atoms with Crippen LogP contribution in [-0.4, -0.2) is 60.2 Å². The summed E-state index contributed by atoms with van der Waals surface area (Å²) in [6.07, 6.45) is -1.64. The van der Waals surface area contributed by atoms with Crippen LogP contribution in [0.4, 0.5) is 23.2 Å². The molecule has 0 bridgehead atoms. The molecular weight excluding hydrogens is 500 g/mol. The van der Waals surface area contributed by atoms with Gasteiger partial charge in [-0.2, -0.15) is 18.2 Å². The molecule has 2 aliphatic rings. The van der Waals surface area contributed by atoms with Crippen LogP contribution in [0.25, 0.3) is 20.8 Å². The van der Waals surface area contributed by atoms with Crippen molar-refractivity contribution in [3.8, 4) is 10.7 Å². The summed E-state index contributed by atoms with van der Waals surface area (Å²) in [5.74, 6) is -0.290. The molecule has 4 heterocycles. The molecule has 4 atom stereocenters. The number of methoxy groups -OCH3 is 1. The SMILES string of the molecule is CO[C@H]1C[C@H](c2nc(-c3sc4c(N[C@@H]5COC[C@@H]5F)cccc4c3SC(F)(F)F)no2)NC1=O.